The summed E-state index contributed by atoms with van der Waals surface area (Å²) < 4.78 is 5.53. The van der Waals surface area contributed by atoms with E-state index in [0.29, 0.717) is 22.9 Å². The molecule has 0 unspecified atom stereocenters. The molecule has 3 rings (SSSR count). The molecule has 1 amide bonds. The van der Waals surface area contributed by atoms with E-state index in [1.54, 1.807) is 24.3 Å². The minimum atomic E-state index is -0.591. The van der Waals surface area contributed by atoms with Crippen LogP contribution in [0.1, 0.15) is 42.3 Å². The molecule has 0 saturated heterocycles. The van der Waals surface area contributed by atoms with E-state index in [1.165, 1.54) is 24.3 Å². The quantitative estimate of drug-likeness (QED) is 0.209. The smallest absolute Gasteiger partial charge is 0.293 e. The Kier molecular flexibility index (Phi) is 6.66. The first-order valence-electron chi connectivity index (χ1n) is 9.58. The molecule has 0 spiro atoms. The van der Waals surface area contributed by atoms with Gasteiger partial charge in [0.2, 0.25) is 0 Å². The molecule has 0 saturated carbocycles. The summed E-state index contributed by atoms with van der Waals surface area (Å²) >= 11 is 5.18. The fourth-order valence-corrected chi connectivity index (χ4v) is 3.10. The van der Waals surface area contributed by atoms with E-state index < -0.39 is 10.8 Å². The Balaban J connectivity index is 1.69. The van der Waals surface area contributed by atoms with Crippen molar-refractivity contribution in [3.63, 3.8) is 0 Å². The predicted molar refractivity (Wildman–Crippen MR) is 121 cm³/mol. The second-order valence-corrected chi connectivity index (χ2v) is 7.37. The van der Waals surface area contributed by atoms with Crippen LogP contribution in [0.4, 0.5) is 11.4 Å². The first-order chi connectivity index (χ1) is 14.8. The Morgan fingerprint density at radius 3 is 2.71 bits per heavy atom. The molecule has 2 aromatic carbocycles. The highest BCUT2D eigenvalue weighted by Gasteiger charge is 2.16. The fraction of sp³-hybridized carbons (Fsp3) is 0.182. The Hall–Kier alpha value is -3.72. The van der Waals surface area contributed by atoms with Gasteiger partial charge in [0.05, 0.1) is 10.6 Å². The summed E-state index contributed by atoms with van der Waals surface area (Å²) in [5.74, 6) is 0.0240. The number of hydrogen-bond acceptors (Lipinski definition) is 6. The van der Waals surface area contributed by atoms with Gasteiger partial charge in [0.15, 0.2) is 10.9 Å². The van der Waals surface area contributed by atoms with Crippen LogP contribution < -0.4 is 10.6 Å². The van der Waals surface area contributed by atoms with Crippen LogP contribution in [0.2, 0.25) is 0 Å². The summed E-state index contributed by atoms with van der Waals surface area (Å²) in [5.41, 5.74) is 1.81. The van der Waals surface area contributed by atoms with Gasteiger partial charge in [-0.1, -0.05) is 32.0 Å². The monoisotopic (exact) mass is 439 g/mol. The van der Waals surface area contributed by atoms with Gasteiger partial charge in [0.1, 0.15) is 11.5 Å². The highest BCUT2D eigenvalue weighted by atomic mass is 32.1. The summed E-state index contributed by atoms with van der Waals surface area (Å²) in [6.45, 7) is 4.15. The van der Waals surface area contributed by atoms with E-state index >= 15 is 0 Å². The first kappa shape index (κ1) is 22.0. The number of carbonyl (C=O) groups is 1. The Labute approximate surface area is 184 Å². The van der Waals surface area contributed by atoms with Gasteiger partial charge in [-0.2, -0.15) is 0 Å². The van der Waals surface area contributed by atoms with Gasteiger partial charge in [-0.05, 0) is 54.4 Å². The molecule has 1 atom stereocenters. The van der Waals surface area contributed by atoms with Crippen LogP contribution in [-0.4, -0.2) is 21.0 Å². The summed E-state index contributed by atoms with van der Waals surface area (Å²) in [6.07, 6.45) is 0.941. The number of phenolic OH excluding ortho intramolecular Hbond substituents is 1. The van der Waals surface area contributed by atoms with Crippen molar-refractivity contribution in [3.8, 4) is 17.1 Å². The van der Waals surface area contributed by atoms with Crippen LogP contribution in [0.15, 0.2) is 59.0 Å². The normalized spacial score (nSPS) is 11.5. The summed E-state index contributed by atoms with van der Waals surface area (Å²) in [5, 5.41) is 26.3. The SMILES string of the molecule is CC[C@@H](C)c1ccc(O)c(NC(=S)NC(=O)c2ccc(-c3cccc([N+](=O)[O-])c3)o2)c1. The maximum atomic E-state index is 12.5. The van der Waals surface area contributed by atoms with Gasteiger partial charge in [0.25, 0.3) is 11.6 Å². The van der Waals surface area contributed by atoms with Crippen molar-refractivity contribution >= 4 is 34.6 Å². The van der Waals surface area contributed by atoms with Crippen LogP contribution in [0.3, 0.4) is 0 Å². The largest absolute Gasteiger partial charge is 0.506 e. The van der Waals surface area contributed by atoms with Crippen LogP contribution >= 0.6 is 12.2 Å². The van der Waals surface area contributed by atoms with E-state index in [9.17, 15) is 20.0 Å². The van der Waals surface area contributed by atoms with Gasteiger partial charge in [-0.15, -0.1) is 0 Å². The van der Waals surface area contributed by atoms with E-state index in [4.69, 9.17) is 16.6 Å². The third kappa shape index (κ3) is 5.26. The molecule has 0 bridgehead atoms. The van der Waals surface area contributed by atoms with Gasteiger partial charge in [-0.25, -0.2) is 0 Å². The van der Waals surface area contributed by atoms with E-state index in [2.05, 4.69) is 24.5 Å². The van der Waals surface area contributed by atoms with Crippen molar-refractivity contribution in [1.82, 2.24) is 5.32 Å². The number of nitro groups is 1. The molecule has 0 aliphatic heterocycles. The number of hydrogen-bond donors (Lipinski definition) is 3. The van der Waals surface area contributed by atoms with Crippen molar-refractivity contribution in [2.45, 2.75) is 26.2 Å². The number of nitrogens with one attached hydrogen (secondary N) is 2. The molecule has 3 N–H and O–H groups in total. The van der Waals surface area contributed by atoms with E-state index in [-0.39, 0.29) is 22.3 Å². The third-order valence-electron chi connectivity index (χ3n) is 4.85. The number of nitro benzene ring substituents is 1. The number of amides is 1. The minimum absolute atomic E-state index is 0.00472. The van der Waals surface area contributed by atoms with Crippen LogP contribution in [0.5, 0.6) is 5.75 Å². The molecule has 3 aromatic rings. The number of rotatable bonds is 6. The van der Waals surface area contributed by atoms with Crippen molar-refractivity contribution in [1.29, 1.82) is 0 Å². The molecule has 1 heterocycles. The van der Waals surface area contributed by atoms with Gasteiger partial charge < -0.3 is 14.8 Å². The van der Waals surface area contributed by atoms with Crippen molar-refractivity contribution in [2.24, 2.45) is 0 Å². The average molecular weight is 439 g/mol. The maximum Gasteiger partial charge on any atom is 0.293 e. The molecule has 31 heavy (non-hydrogen) atoms. The number of nitrogens with zero attached hydrogens (tertiary/aromatic N) is 1. The average Bonchev–Trinajstić information content (AvgIpc) is 3.25. The maximum absolute atomic E-state index is 12.5. The van der Waals surface area contributed by atoms with E-state index in [1.807, 2.05) is 6.07 Å². The van der Waals surface area contributed by atoms with Crippen molar-refractivity contribution < 1.29 is 19.2 Å². The molecule has 0 aliphatic carbocycles. The highest BCUT2D eigenvalue weighted by molar-refractivity contribution is 7.80. The second-order valence-electron chi connectivity index (χ2n) is 6.97. The molecule has 0 aliphatic rings. The summed E-state index contributed by atoms with van der Waals surface area (Å²) in [4.78, 5) is 22.9. The standard InChI is InChI=1S/C22H21N3O5S/c1-3-13(2)14-7-8-18(26)17(12-14)23-22(31)24-21(27)20-10-9-19(30-20)15-5-4-6-16(11-15)25(28)29/h4-13,26H,3H2,1-2H3,(H2,23,24,27,31)/t13-/m1/s1. The number of carbonyl (C=O) groups excluding carboxylic acids is 1. The van der Waals surface area contributed by atoms with Gasteiger partial charge in [-0.3, -0.25) is 20.2 Å². The van der Waals surface area contributed by atoms with Crippen LogP contribution in [0, 0.1) is 10.1 Å². The minimum Gasteiger partial charge on any atom is -0.506 e. The lowest BCUT2D eigenvalue weighted by Crippen LogP contribution is -2.33. The summed E-state index contributed by atoms with van der Waals surface area (Å²) in [6, 6.07) is 14.1. The molecular formula is C22H21N3O5S. The molecule has 9 heteroatoms. The Morgan fingerprint density at radius 1 is 1.23 bits per heavy atom. The lowest BCUT2D eigenvalue weighted by Gasteiger charge is -2.14. The number of phenols is 1. The first-order valence-corrected chi connectivity index (χ1v) is 9.99. The van der Waals surface area contributed by atoms with Crippen LogP contribution in [0.25, 0.3) is 11.3 Å². The zero-order chi connectivity index (χ0) is 22.5. The fourth-order valence-electron chi connectivity index (χ4n) is 2.90. The Bertz CT molecular complexity index is 1140. The molecule has 0 fully saturated rings. The Morgan fingerprint density at radius 2 is 2.00 bits per heavy atom. The molecule has 8 nitrogen and oxygen atoms in total. The van der Waals surface area contributed by atoms with E-state index in [0.717, 1.165) is 12.0 Å². The lowest BCUT2D eigenvalue weighted by molar-refractivity contribution is -0.384. The van der Waals surface area contributed by atoms with Crippen LogP contribution in [-0.2, 0) is 0 Å². The molecule has 0 radical (unpaired) electrons. The second kappa shape index (κ2) is 9.40. The number of aromatic hydroxyl groups is 1. The third-order valence-corrected chi connectivity index (χ3v) is 5.05. The number of thiocarbonyl (C=S) groups is 1. The number of benzene rings is 2. The zero-order valence-corrected chi connectivity index (χ0v) is 17.7. The molecule has 1 aromatic heterocycles. The zero-order valence-electron chi connectivity index (χ0n) is 16.9. The number of non-ortho nitro benzene ring substituents is 1. The number of anilines is 1. The molecular weight excluding hydrogens is 418 g/mol. The topological polar surface area (TPSA) is 118 Å². The van der Waals surface area contributed by atoms with Crippen molar-refractivity contribution in [2.75, 3.05) is 5.32 Å². The summed E-state index contributed by atoms with van der Waals surface area (Å²) in [7, 11) is 0. The number of furan rings is 1. The predicted octanol–water partition coefficient (Wildman–Crippen LogP) is 5.20. The van der Waals surface area contributed by atoms with Crippen molar-refractivity contribution in [3.05, 3.63) is 76.0 Å². The molecule has 160 valence electrons. The lowest BCUT2D eigenvalue weighted by atomic mass is 9.98. The van der Waals surface area contributed by atoms with Gasteiger partial charge in [0, 0.05) is 17.7 Å². The van der Waals surface area contributed by atoms with Gasteiger partial charge >= 0.3 is 0 Å². The highest BCUT2D eigenvalue weighted by Crippen LogP contribution is 2.29.